The third-order valence-electron chi connectivity index (χ3n) is 2.61. The van der Waals surface area contributed by atoms with Crippen LogP contribution in [0, 0.1) is 0 Å². The van der Waals surface area contributed by atoms with Crippen molar-refractivity contribution in [1.29, 1.82) is 0 Å². The summed E-state index contributed by atoms with van der Waals surface area (Å²) < 4.78 is 10.2. The fraction of sp³-hybridized carbons (Fsp3) is 0.308. The van der Waals surface area contributed by atoms with E-state index in [4.69, 9.17) is 14.9 Å². The van der Waals surface area contributed by atoms with Gasteiger partial charge in [0.25, 0.3) is 0 Å². The van der Waals surface area contributed by atoms with Crippen molar-refractivity contribution in [3.8, 4) is 0 Å². The zero-order chi connectivity index (χ0) is 12.6. The molecule has 0 saturated heterocycles. The number of furan rings is 1. The average molecular weight is 233 g/mol. The van der Waals surface area contributed by atoms with Gasteiger partial charge >= 0.3 is 5.97 Å². The number of carbonyl (C=O) groups excluding carboxylic acids is 1. The first kappa shape index (κ1) is 11.7. The summed E-state index contributed by atoms with van der Waals surface area (Å²) in [5.74, 6) is -0.323. The summed E-state index contributed by atoms with van der Waals surface area (Å²) >= 11 is 0. The van der Waals surface area contributed by atoms with Gasteiger partial charge in [0.05, 0.1) is 7.11 Å². The first-order chi connectivity index (χ1) is 7.95. The lowest BCUT2D eigenvalue weighted by atomic mass is 9.92. The van der Waals surface area contributed by atoms with Gasteiger partial charge in [-0.1, -0.05) is 18.2 Å². The molecule has 0 amide bonds. The molecule has 2 N–H and O–H groups in total. The van der Waals surface area contributed by atoms with Crippen molar-refractivity contribution in [2.24, 2.45) is 5.73 Å². The Bertz CT molecular complexity index is 564. The highest BCUT2D eigenvalue weighted by molar-refractivity contribution is 5.96. The molecule has 0 fully saturated rings. The van der Waals surface area contributed by atoms with E-state index in [0.717, 1.165) is 5.39 Å². The maximum absolute atomic E-state index is 11.7. The standard InChI is InChI=1S/C13H15NO3/c1-13(2,14)10-8-6-4-5-7-9(8)17-11(10)12(15)16-3/h4-7H,14H2,1-3H3. The number of hydrogen-bond acceptors (Lipinski definition) is 4. The fourth-order valence-electron chi connectivity index (χ4n) is 1.92. The van der Waals surface area contributed by atoms with Crippen LogP contribution in [0.3, 0.4) is 0 Å². The molecule has 0 spiro atoms. The largest absolute Gasteiger partial charge is 0.463 e. The van der Waals surface area contributed by atoms with Gasteiger partial charge in [-0.05, 0) is 19.9 Å². The maximum Gasteiger partial charge on any atom is 0.374 e. The molecule has 0 saturated carbocycles. The van der Waals surface area contributed by atoms with E-state index in [2.05, 4.69) is 0 Å². The molecule has 0 radical (unpaired) electrons. The van der Waals surface area contributed by atoms with Gasteiger partial charge in [-0.25, -0.2) is 4.79 Å². The number of carbonyl (C=O) groups is 1. The Kier molecular flexibility index (Phi) is 2.67. The summed E-state index contributed by atoms with van der Waals surface area (Å²) in [7, 11) is 1.32. The van der Waals surface area contributed by atoms with Crippen LogP contribution in [0.1, 0.15) is 30.0 Å². The number of para-hydroxylation sites is 1. The molecular formula is C13H15NO3. The second-order valence-electron chi connectivity index (χ2n) is 4.52. The number of hydrogen-bond donors (Lipinski definition) is 1. The monoisotopic (exact) mass is 233 g/mol. The van der Waals surface area contributed by atoms with Crippen LogP contribution in [0.15, 0.2) is 28.7 Å². The normalized spacial score (nSPS) is 11.8. The quantitative estimate of drug-likeness (QED) is 0.809. The number of nitrogens with two attached hydrogens (primary N) is 1. The van der Waals surface area contributed by atoms with Gasteiger partial charge in [-0.3, -0.25) is 0 Å². The van der Waals surface area contributed by atoms with Gasteiger partial charge in [0, 0.05) is 16.5 Å². The highest BCUT2D eigenvalue weighted by Gasteiger charge is 2.29. The van der Waals surface area contributed by atoms with E-state index in [1.54, 1.807) is 6.07 Å². The van der Waals surface area contributed by atoms with Crippen LogP contribution in [0.2, 0.25) is 0 Å². The van der Waals surface area contributed by atoms with Crippen molar-refractivity contribution >= 4 is 16.9 Å². The molecule has 2 rings (SSSR count). The van der Waals surface area contributed by atoms with Gasteiger partial charge in [0.2, 0.25) is 5.76 Å². The van der Waals surface area contributed by atoms with E-state index in [1.807, 2.05) is 32.0 Å². The third kappa shape index (κ3) is 1.91. The van der Waals surface area contributed by atoms with Crippen LogP contribution in [0.5, 0.6) is 0 Å². The molecule has 1 aromatic heterocycles. The van der Waals surface area contributed by atoms with Crippen LogP contribution in [0.25, 0.3) is 11.0 Å². The number of fused-ring (bicyclic) bond motifs is 1. The summed E-state index contributed by atoms with van der Waals surface area (Å²) in [5.41, 5.74) is 6.74. The molecule has 2 aromatic rings. The number of methoxy groups -OCH3 is 1. The van der Waals surface area contributed by atoms with Crippen molar-refractivity contribution in [3.63, 3.8) is 0 Å². The van der Waals surface area contributed by atoms with Gasteiger partial charge in [0.15, 0.2) is 0 Å². The highest BCUT2D eigenvalue weighted by atomic mass is 16.5. The fourth-order valence-corrected chi connectivity index (χ4v) is 1.92. The second kappa shape index (κ2) is 3.89. The molecule has 0 aliphatic heterocycles. The topological polar surface area (TPSA) is 65.5 Å². The average Bonchev–Trinajstić information content (AvgIpc) is 2.66. The number of ether oxygens (including phenoxy) is 1. The van der Waals surface area contributed by atoms with E-state index < -0.39 is 11.5 Å². The van der Waals surface area contributed by atoms with Crippen molar-refractivity contribution in [1.82, 2.24) is 0 Å². The van der Waals surface area contributed by atoms with Crippen LogP contribution in [-0.4, -0.2) is 13.1 Å². The smallest absolute Gasteiger partial charge is 0.374 e. The summed E-state index contributed by atoms with van der Waals surface area (Å²) in [4.78, 5) is 11.7. The summed E-state index contributed by atoms with van der Waals surface area (Å²) in [6.45, 7) is 3.66. The Hall–Kier alpha value is -1.81. The zero-order valence-electron chi connectivity index (χ0n) is 10.1. The lowest BCUT2D eigenvalue weighted by Crippen LogP contribution is -2.30. The highest BCUT2D eigenvalue weighted by Crippen LogP contribution is 2.33. The van der Waals surface area contributed by atoms with Gasteiger partial charge in [0.1, 0.15) is 5.58 Å². The summed E-state index contributed by atoms with van der Waals surface area (Å²) in [6.07, 6.45) is 0. The molecule has 4 heteroatoms. The molecule has 17 heavy (non-hydrogen) atoms. The minimum atomic E-state index is -0.671. The summed E-state index contributed by atoms with van der Waals surface area (Å²) in [6, 6.07) is 7.42. The maximum atomic E-state index is 11.7. The van der Waals surface area contributed by atoms with Crippen LogP contribution < -0.4 is 5.73 Å². The van der Waals surface area contributed by atoms with Gasteiger partial charge < -0.3 is 14.9 Å². The van der Waals surface area contributed by atoms with E-state index in [1.165, 1.54) is 7.11 Å². The van der Waals surface area contributed by atoms with E-state index >= 15 is 0 Å². The molecule has 0 aliphatic carbocycles. The predicted octanol–water partition coefficient (Wildman–Crippen LogP) is 2.41. The van der Waals surface area contributed by atoms with Gasteiger partial charge in [-0.2, -0.15) is 0 Å². The Morgan fingerprint density at radius 1 is 1.35 bits per heavy atom. The molecule has 0 bridgehead atoms. The number of esters is 1. The van der Waals surface area contributed by atoms with Crippen LogP contribution in [-0.2, 0) is 10.3 Å². The van der Waals surface area contributed by atoms with Crippen molar-refractivity contribution in [2.75, 3.05) is 7.11 Å². The van der Waals surface area contributed by atoms with Crippen LogP contribution in [0.4, 0.5) is 0 Å². The predicted molar refractivity (Wildman–Crippen MR) is 64.8 cm³/mol. The lowest BCUT2D eigenvalue weighted by Gasteiger charge is -2.18. The Morgan fingerprint density at radius 3 is 2.59 bits per heavy atom. The molecule has 0 unspecified atom stereocenters. The second-order valence-corrected chi connectivity index (χ2v) is 4.52. The SMILES string of the molecule is COC(=O)c1oc2ccccc2c1C(C)(C)N. The Morgan fingerprint density at radius 2 is 2.00 bits per heavy atom. The molecule has 0 aliphatic rings. The Balaban J connectivity index is 2.79. The number of benzene rings is 1. The molecular weight excluding hydrogens is 218 g/mol. The van der Waals surface area contributed by atoms with E-state index in [-0.39, 0.29) is 5.76 Å². The zero-order valence-corrected chi connectivity index (χ0v) is 10.1. The van der Waals surface area contributed by atoms with Crippen molar-refractivity contribution in [3.05, 3.63) is 35.6 Å². The lowest BCUT2D eigenvalue weighted by molar-refractivity contribution is 0.0563. The van der Waals surface area contributed by atoms with Crippen LogP contribution >= 0.6 is 0 Å². The van der Waals surface area contributed by atoms with Crippen molar-refractivity contribution < 1.29 is 13.9 Å². The molecule has 1 heterocycles. The van der Waals surface area contributed by atoms with E-state index in [9.17, 15) is 4.79 Å². The molecule has 90 valence electrons. The summed E-state index contributed by atoms with van der Waals surface area (Å²) in [5, 5.41) is 0.848. The van der Waals surface area contributed by atoms with Gasteiger partial charge in [-0.15, -0.1) is 0 Å². The molecule has 4 nitrogen and oxygen atoms in total. The first-order valence-electron chi connectivity index (χ1n) is 5.34. The minimum absolute atomic E-state index is 0.182. The third-order valence-corrected chi connectivity index (χ3v) is 2.61. The first-order valence-corrected chi connectivity index (χ1v) is 5.34. The number of rotatable bonds is 2. The van der Waals surface area contributed by atoms with Crippen molar-refractivity contribution in [2.45, 2.75) is 19.4 Å². The molecule has 1 aromatic carbocycles. The minimum Gasteiger partial charge on any atom is -0.463 e. The Labute approximate surface area is 99.3 Å². The van der Waals surface area contributed by atoms with E-state index in [0.29, 0.717) is 11.1 Å². The molecule has 0 atom stereocenters.